The molecule has 0 aliphatic heterocycles. The summed E-state index contributed by atoms with van der Waals surface area (Å²) in [7, 11) is 0. The second kappa shape index (κ2) is 6.03. The molecule has 0 spiro atoms. The van der Waals surface area contributed by atoms with Crippen molar-refractivity contribution in [2.75, 3.05) is 6.61 Å². The number of unbranched alkanes of at least 4 members (excludes halogenated alkanes) is 1. The van der Waals surface area contributed by atoms with E-state index in [0.29, 0.717) is 22.4 Å². The summed E-state index contributed by atoms with van der Waals surface area (Å²) in [5.74, 6) is 0.599. The number of ether oxygens (including phenoxy) is 1. The topological polar surface area (TPSA) is 9.23 Å². The maximum Gasteiger partial charge on any atom is 0.156 e. The summed E-state index contributed by atoms with van der Waals surface area (Å²) in [6.07, 6.45) is 2.11. The van der Waals surface area contributed by atoms with Crippen LogP contribution in [0.5, 0.6) is 5.75 Å². The Kier molecular flexibility index (Phi) is 5.34. The van der Waals surface area contributed by atoms with Crippen LogP contribution in [-0.2, 0) is 0 Å². The van der Waals surface area contributed by atoms with Crippen molar-refractivity contribution >= 4 is 45.8 Å². The third-order valence-corrected chi connectivity index (χ3v) is 2.89. The summed E-state index contributed by atoms with van der Waals surface area (Å²) >= 11 is 14.2. The Morgan fingerprint density at radius 3 is 2.36 bits per heavy atom. The zero-order valence-electron chi connectivity index (χ0n) is 7.82. The van der Waals surface area contributed by atoms with Gasteiger partial charge < -0.3 is 4.74 Å². The Hall–Kier alpha value is 0.330. The van der Waals surface area contributed by atoms with Crippen LogP contribution in [0.4, 0.5) is 0 Å². The van der Waals surface area contributed by atoms with E-state index in [-0.39, 0.29) is 0 Å². The fourth-order valence-corrected chi connectivity index (χ4v) is 2.57. The van der Waals surface area contributed by atoms with E-state index in [2.05, 4.69) is 29.5 Å². The smallest absolute Gasteiger partial charge is 0.156 e. The van der Waals surface area contributed by atoms with Gasteiger partial charge in [0.1, 0.15) is 0 Å². The SMILES string of the molecule is CCCCOc1c(Cl)cc(I)cc1Cl. The molecule has 0 amide bonds. The molecule has 0 atom stereocenters. The van der Waals surface area contributed by atoms with Crippen LogP contribution in [0.15, 0.2) is 12.1 Å². The van der Waals surface area contributed by atoms with Crippen molar-refractivity contribution < 1.29 is 4.74 Å². The summed E-state index contributed by atoms with van der Waals surface area (Å²) in [6, 6.07) is 3.69. The van der Waals surface area contributed by atoms with Gasteiger partial charge in [-0.25, -0.2) is 0 Å². The summed E-state index contributed by atoms with van der Waals surface area (Å²) in [5.41, 5.74) is 0. The molecule has 0 aliphatic carbocycles. The van der Waals surface area contributed by atoms with Crippen LogP contribution in [0, 0.1) is 3.57 Å². The molecule has 1 aromatic rings. The normalized spacial score (nSPS) is 10.3. The minimum Gasteiger partial charge on any atom is -0.490 e. The van der Waals surface area contributed by atoms with Gasteiger partial charge in [0, 0.05) is 3.57 Å². The molecule has 4 heteroatoms. The number of hydrogen-bond acceptors (Lipinski definition) is 1. The van der Waals surface area contributed by atoms with Crippen LogP contribution >= 0.6 is 45.8 Å². The van der Waals surface area contributed by atoms with Crippen LogP contribution in [0.2, 0.25) is 10.0 Å². The molecule has 1 rings (SSSR count). The highest BCUT2D eigenvalue weighted by Crippen LogP contribution is 2.34. The van der Waals surface area contributed by atoms with Crippen LogP contribution in [0.25, 0.3) is 0 Å². The van der Waals surface area contributed by atoms with E-state index in [1.54, 1.807) is 0 Å². The van der Waals surface area contributed by atoms with E-state index in [0.717, 1.165) is 16.4 Å². The van der Waals surface area contributed by atoms with Crippen LogP contribution < -0.4 is 4.74 Å². The second-order valence-electron chi connectivity index (χ2n) is 2.90. The Labute approximate surface area is 108 Å². The molecule has 0 heterocycles. The van der Waals surface area contributed by atoms with Gasteiger partial charge in [-0.1, -0.05) is 36.5 Å². The first kappa shape index (κ1) is 12.4. The zero-order chi connectivity index (χ0) is 10.6. The zero-order valence-corrected chi connectivity index (χ0v) is 11.5. The van der Waals surface area contributed by atoms with Crippen molar-refractivity contribution in [1.29, 1.82) is 0 Å². The van der Waals surface area contributed by atoms with Gasteiger partial charge in [0.05, 0.1) is 16.7 Å². The Balaban J connectivity index is 2.75. The standard InChI is InChI=1S/C10H11Cl2IO/c1-2-3-4-14-10-8(11)5-7(13)6-9(10)12/h5-6H,2-4H2,1H3. The molecule has 0 aromatic heterocycles. The summed E-state index contributed by atoms with van der Waals surface area (Å²) in [6.45, 7) is 2.77. The molecular weight excluding hydrogens is 334 g/mol. The third kappa shape index (κ3) is 3.48. The van der Waals surface area contributed by atoms with Crippen LogP contribution in [0.3, 0.4) is 0 Å². The van der Waals surface area contributed by atoms with E-state index < -0.39 is 0 Å². The lowest BCUT2D eigenvalue weighted by atomic mass is 10.3. The fourth-order valence-electron chi connectivity index (χ4n) is 0.985. The van der Waals surface area contributed by atoms with Crippen molar-refractivity contribution in [2.45, 2.75) is 19.8 Å². The van der Waals surface area contributed by atoms with Crippen LogP contribution in [0.1, 0.15) is 19.8 Å². The number of benzene rings is 1. The van der Waals surface area contributed by atoms with Gasteiger partial charge in [-0.3, -0.25) is 0 Å². The van der Waals surface area contributed by atoms with Crippen molar-refractivity contribution in [3.05, 3.63) is 25.7 Å². The predicted octanol–water partition coefficient (Wildman–Crippen LogP) is 4.78. The van der Waals surface area contributed by atoms with Crippen molar-refractivity contribution in [1.82, 2.24) is 0 Å². The van der Waals surface area contributed by atoms with Gasteiger partial charge in [-0.05, 0) is 41.1 Å². The lowest BCUT2D eigenvalue weighted by Gasteiger charge is -2.09. The number of hydrogen-bond donors (Lipinski definition) is 0. The molecule has 0 unspecified atom stereocenters. The molecule has 0 radical (unpaired) electrons. The van der Waals surface area contributed by atoms with Gasteiger partial charge in [0.15, 0.2) is 5.75 Å². The van der Waals surface area contributed by atoms with Crippen molar-refractivity contribution in [3.8, 4) is 5.75 Å². The molecule has 1 aromatic carbocycles. The van der Waals surface area contributed by atoms with E-state index in [1.165, 1.54) is 0 Å². The predicted molar refractivity (Wildman–Crippen MR) is 69.6 cm³/mol. The summed E-state index contributed by atoms with van der Waals surface area (Å²) in [5, 5.41) is 1.16. The van der Waals surface area contributed by atoms with Crippen LogP contribution in [-0.4, -0.2) is 6.61 Å². The third-order valence-electron chi connectivity index (χ3n) is 1.71. The quantitative estimate of drug-likeness (QED) is 0.564. The Morgan fingerprint density at radius 2 is 1.86 bits per heavy atom. The average molecular weight is 345 g/mol. The van der Waals surface area contributed by atoms with Gasteiger partial charge in [-0.2, -0.15) is 0 Å². The molecule has 0 N–H and O–H groups in total. The summed E-state index contributed by atoms with van der Waals surface area (Å²) in [4.78, 5) is 0. The minimum atomic E-state index is 0.581. The molecule has 78 valence electrons. The largest absolute Gasteiger partial charge is 0.490 e. The van der Waals surface area contributed by atoms with E-state index in [9.17, 15) is 0 Å². The highest BCUT2D eigenvalue weighted by molar-refractivity contribution is 14.1. The Bertz CT molecular complexity index is 292. The van der Waals surface area contributed by atoms with E-state index in [4.69, 9.17) is 27.9 Å². The first-order chi connectivity index (χ1) is 6.65. The molecule has 14 heavy (non-hydrogen) atoms. The van der Waals surface area contributed by atoms with Crippen molar-refractivity contribution in [2.24, 2.45) is 0 Å². The highest BCUT2D eigenvalue weighted by atomic mass is 127. The molecule has 0 saturated heterocycles. The lowest BCUT2D eigenvalue weighted by molar-refractivity contribution is 0.309. The number of rotatable bonds is 4. The van der Waals surface area contributed by atoms with E-state index >= 15 is 0 Å². The molecule has 0 aliphatic rings. The second-order valence-corrected chi connectivity index (χ2v) is 4.96. The molecule has 0 saturated carbocycles. The molecular formula is C10H11Cl2IO. The minimum absolute atomic E-state index is 0.581. The van der Waals surface area contributed by atoms with Gasteiger partial charge in [0.2, 0.25) is 0 Å². The molecule has 0 bridgehead atoms. The fraction of sp³-hybridized carbons (Fsp3) is 0.400. The van der Waals surface area contributed by atoms with Gasteiger partial charge in [-0.15, -0.1) is 0 Å². The van der Waals surface area contributed by atoms with Gasteiger partial charge in [0.25, 0.3) is 0 Å². The lowest BCUT2D eigenvalue weighted by Crippen LogP contribution is -1.97. The maximum absolute atomic E-state index is 6.00. The first-order valence-corrected chi connectivity index (χ1v) is 6.26. The van der Waals surface area contributed by atoms with Crippen molar-refractivity contribution in [3.63, 3.8) is 0 Å². The maximum atomic E-state index is 6.00. The first-order valence-electron chi connectivity index (χ1n) is 4.42. The molecule has 0 fully saturated rings. The molecule has 1 nitrogen and oxygen atoms in total. The van der Waals surface area contributed by atoms with E-state index in [1.807, 2.05) is 12.1 Å². The summed E-state index contributed by atoms with van der Waals surface area (Å²) < 4.78 is 6.51. The Morgan fingerprint density at radius 1 is 1.29 bits per heavy atom. The van der Waals surface area contributed by atoms with Gasteiger partial charge >= 0.3 is 0 Å². The highest BCUT2D eigenvalue weighted by Gasteiger charge is 2.08. The number of halogens is 3. The average Bonchev–Trinajstić information content (AvgIpc) is 2.09. The monoisotopic (exact) mass is 344 g/mol.